The van der Waals surface area contributed by atoms with Gasteiger partial charge in [-0.25, -0.2) is 5.01 Å². The predicted molar refractivity (Wildman–Crippen MR) is 93.4 cm³/mol. The van der Waals surface area contributed by atoms with E-state index in [0.29, 0.717) is 6.54 Å². The molecule has 3 aromatic rings. The second kappa shape index (κ2) is 4.79. The van der Waals surface area contributed by atoms with Crippen molar-refractivity contribution in [2.75, 3.05) is 11.6 Å². The van der Waals surface area contributed by atoms with Gasteiger partial charge in [0.2, 0.25) is 0 Å². The number of fused-ring (bicyclic) bond motifs is 3. The summed E-state index contributed by atoms with van der Waals surface area (Å²) in [6.07, 6.45) is 0. The molecule has 0 radical (unpaired) electrons. The molecule has 0 atom stereocenters. The van der Waals surface area contributed by atoms with Crippen LogP contribution < -0.4 is 5.01 Å². The van der Waals surface area contributed by atoms with Gasteiger partial charge in [0, 0.05) is 5.56 Å². The summed E-state index contributed by atoms with van der Waals surface area (Å²) in [5.74, 6) is 0.149. The molecule has 0 N–H and O–H groups in total. The molecule has 2 aliphatic rings. The zero-order valence-electron chi connectivity index (χ0n) is 13.1. The van der Waals surface area contributed by atoms with Crippen LogP contribution in [0.15, 0.2) is 84.9 Å². The highest BCUT2D eigenvalue weighted by molar-refractivity contribution is 6.03. The van der Waals surface area contributed by atoms with E-state index in [1.54, 1.807) is 0 Å². The summed E-state index contributed by atoms with van der Waals surface area (Å²) in [4.78, 5) is 12.3. The number of carbonyl (C=O) groups excluding carboxylic acids is 1. The fourth-order valence-electron chi connectivity index (χ4n) is 4.09. The quantitative estimate of drug-likeness (QED) is 0.722. The fraction of sp³-hybridized carbons (Fsp3) is 0.0952. The maximum atomic E-state index is 12.3. The van der Waals surface area contributed by atoms with Crippen LogP contribution in [0.2, 0.25) is 0 Å². The molecule has 24 heavy (non-hydrogen) atoms. The number of para-hydroxylation sites is 1. The SMILES string of the molecule is O=C1CN2N1c1ccccc1C2(c1ccccc1)c1ccccc1. The summed E-state index contributed by atoms with van der Waals surface area (Å²) < 4.78 is 0. The number of anilines is 1. The topological polar surface area (TPSA) is 23.6 Å². The van der Waals surface area contributed by atoms with Crippen molar-refractivity contribution >= 4 is 11.6 Å². The van der Waals surface area contributed by atoms with Crippen LogP contribution in [0.1, 0.15) is 16.7 Å². The zero-order chi connectivity index (χ0) is 16.1. The Kier molecular flexibility index (Phi) is 2.70. The highest BCUT2D eigenvalue weighted by Crippen LogP contribution is 2.54. The summed E-state index contributed by atoms with van der Waals surface area (Å²) in [6, 6.07) is 29.1. The first kappa shape index (κ1) is 13.5. The Labute approximate surface area is 140 Å². The third kappa shape index (κ3) is 1.52. The van der Waals surface area contributed by atoms with Crippen molar-refractivity contribution in [3.63, 3.8) is 0 Å². The van der Waals surface area contributed by atoms with Gasteiger partial charge in [0.25, 0.3) is 5.91 Å². The first-order chi connectivity index (χ1) is 11.8. The van der Waals surface area contributed by atoms with E-state index < -0.39 is 5.54 Å². The average Bonchev–Trinajstić information content (AvgIpc) is 2.88. The lowest BCUT2D eigenvalue weighted by atomic mass is 9.77. The highest BCUT2D eigenvalue weighted by Gasteiger charge is 2.58. The van der Waals surface area contributed by atoms with E-state index in [1.807, 2.05) is 29.3 Å². The van der Waals surface area contributed by atoms with Crippen LogP contribution in [0.5, 0.6) is 0 Å². The maximum absolute atomic E-state index is 12.3. The zero-order valence-corrected chi connectivity index (χ0v) is 13.1. The molecule has 0 aromatic heterocycles. The van der Waals surface area contributed by atoms with E-state index in [1.165, 1.54) is 11.1 Å². The molecule has 0 saturated carbocycles. The monoisotopic (exact) mass is 312 g/mol. The second-order valence-corrected chi connectivity index (χ2v) is 6.22. The largest absolute Gasteiger partial charge is 0.271 e. The minimum atomic E-state index is -0.451. The number of amides is 1. The standard InChI is InChI=1S/C21H16N2O/c24-20-15-22-21(16-9-3-1-4-10-16,17-11-5-2-6-12-17)18-13-7-8-14-19(18)23(20)22/h1-14H,15H2. The first-order valence-corrected chi connectivity index (χ1v) is 8.14. The van der Waals surface area contributed by atoms with Crippen molar-refractivity contribution in [1.82, 2.24) is 5.01 Å². The minimum Gasteiger partial charge on any atom is -0.271 e. The van der Waals surface area contributed by atoms with Gasteiger partial charge in [-0.05, 0) is 17.2 Å². The van der Waals surface area contributed by atoms with Crippen LogP contribution in [-0.4, -0.2) is 17.5 Å². The van der Waals surface area contributed by atoms with Gasteiger partial charge in [-0.1, -0.05) is 78.9 Å². The number of carbonyl (C=O) groups is 1. The Bertz CT molecular complexity index is 881. The number of nitrogens with zero attached hydrogens (tertiary/aromatic N) is 2. The van der Waals surface area contributed by atoms with E-state index >= 15 is 0 Å². The Morgan fingerprint density at radius 3 is 1.83 bits per heavy atom. The molecule has 3 heteroatoms. The smallest absolute Gasteiger partial charge is 0.257 e. The van der Waals surface area contributed by atoms with Crippen molar-refractivity contribution in [1.29, 1.82) is 0 Å². The molecule has 3 aromatic carbocycles. The molecule has 3 nitrogen and oxygen atoms in total. The Balaban J connectivity index is 1.88. The van der Waals surface area contributed by atoms with Crippen molar-refractivity contribution in [2.45, 2.75) is 5.54 Å². The van der Waals surface area contributed by atoms with Gasteiger partial charge >= 0.3 is 0 Å². The van der Waals surface area contributed by atoms with E-state index in [4.69, 9.17) is 0 Å². The summed E-state index contributed by atoms with van der Waals surface area (Å²) in [6.45, 7) is 0.429. The summed E-state index contributed by atoms with van der Waals surface area (Å²) >= 11 is 0. The molecule has 5 rings (SSSR count). The van der Waals surface area contributed by atoms with Crippen LogP contribution in [0, 0.1) is 0 Å². The van der Waals surface area contributed by atoms with E-state index in [9.17, 15) is 4.79 Å². The van der Waals surface area contributed by atoms with Crippen molar-refractivity contribution < 1.29 is 4.79 Å². The summed E-state index contributed by atoms with van der Waals surface area (Å²) in [5, 5.41) is 4.01. The third-order valence-corrected chi connectivity index (χ3v) is 5.06. The third-order valence-electron chi connectivity index (χ3n) is 5.06. The molecule has 1 saturated heterocycles. The molecule has 0 unspecified atom stereocenters. The van der Waals surface area contributed by atoms with Gasteiger partial charge in [0.05, 0.1) is 5.69 Å². The van der Waals surface area contributed by atoms with E-state index in [2.05, 4.69) is 65.7 Å². The molecular formula is C21H16N2O. The van der Waals surface area contributed by atoms with Crippen molar-refractivity contribution in [2.24, 2.45) is 0 Å². The molecule has 116 valence electrons. The van der Waals surface area contributed by atoms with Crippen LogP contribution in [0.3, 0.4) is 0 Å². The van der Waals surface area contributed by atoms with Crippen LogP contribution in [-0.2, 0) is 10.3 Å². The molecule has 0 spiro atoms. The van der Waals surface area contributed by atoms with Crippen LogP contribution >= 0.6 is 0 Å². The normalized spacial score (nSPS) is 18.0. The number of hydrazine groups is 1. The average molecular weight is 312 g/mol. The highest BCUT2D eigenvalue weighted by atomic mass is 16.2. The Hall–Kier alpha value is -2.91. The van der Waals surface area contributed by atoms with E-state index in [-0.39, 0.29) is 5.91 Å². The lowest BCUT2D eigenvalue weighted by Gasteiger charge is -2.48. The summed E-state index contributed by atoms with van der Waals surface area (Å²) in [7, 11) is 0. The lowest BCUT2D eigenvalue weighted by molar-refractivity contribution is -0.134. The molecule has 2 aliphatic heterocycles. The Morgan fingerprint density at radius 1 is 0.708 bits per heavy atom. The molecule has 1 amide bonds. The molecule has 1 fully saturated rings. The van der Waals surface area contributed by atoms with Gasteiger partial charge in [-0.2, -0.15) is 5.01 Å². The van der Waals surface area contributed by atoms with Gasteiger partial charge in [0.15, 0.2) is 0 Å². The molecular weight excluding hydrogens is 296 g/mol. The van der Waals surface area contributed by atoms with Crippen LogP contribution in [0.25, 0.3) is 0 Å². The molecule has 0 aliphatic carbocycles. The maximum Gasteiger partial charge on any atom is 0.257 e. The van der Waals surface area contributed by atoms with Gasteiger partial charge in [0.1, 0.15) is 12.1 Å². The first-order valence-electron chi connectivity index (χ1n) is 8.14. The van der Waals surface area contributed by atoms with Gasteiger partial charge in [-0.3, -0.25) is 4.79 Å². The fourth-order valence-corrected chi connectivity index (χ4v) is 4.09. The Morgan fingerprint density at radius 2 is 1.25 bits per heavy atom. The van der Waals surface area contributed by atoms with Crippen LogP contribution in [0.4, 0.5) is 5.69 Å². The molecule has 0 bridgehead atoms. The lowest BCUT2D eigenvalue weighted by Crippen LogP contribution is -2.65. The molecule has 2 heterocycles. The van der Waals surface area contributed by atoms with Gasteiger partial charge in [-0.15, -0.1) is 0 Å². The predicted octanol–water partition coefficient (Wildman–Crippen LogP) is 3.56. The van der Waals surface area contributed by atoms with Gasteiger partial charge < -0.3 is 0 Å². The number of benzene rings is 3. The van der Waals surface area contributed by atoms with Crippen molar-refractivity contribution in [3.8, 4) is 0 Å². The second-order valence-electron chi connectivity index (χ2n) is 6.22. The number of hydrogen-bond acceptors (Lipinski definition) is 2. The minimum absolute atomic E-state index is 0.149. The number of hydrogen-bond donors (Lipinski definition) is 0. The number of rotatable bonds is 2. The summed E-state index contributed by atoms with van der Waals surface area (Å²) in [5.41, 5.74) is 4.06. The van der Waals surface area contributed by atoms with E-state index in [0.717, 1.165) is 11.3 Å². The van der Waals surface area contributed by atoms with Crippen molar-refractivity contribution in [3.05, 3.63) is 102 Å².